The molecule has 0 amide bonds. The van der Waals surface area contributed by atoms with Crippen LogP contribution < -0.4 is 5.32 Å². The topological polar surface area (TPSA) is 39.1 Å². The molecule has 0 aliphatic carbocycles. The minimum atomic E-state index is 0.434. The van der Waals surface area contributed by atoms with Crippen LogP contribution in [0.5, 0.6) is 0 Å². The predicted octanol–water partition coefficient (Wildman–Crippen LogP) is 2.20. The van der Waals surface area contributed by atoms with Crippen LogP contribution in [0.25, 0.3) is 0 Å². The van der Waals surface area contributed by atoms with E-state index in [9.17, 15) is 0 Å². The molecule has 0 aromatic carbocycles. The average molecular weight is 251 g/mol. The Morgan fingerprint density at radius 2 is 2.39 bits per heavy atom. The number of nitrogens with one attached hydrogen (secondary N) is 1. The molecule has 4 nitrogen and oxygen atoms in total. The van der Waals surface area contributed by atoms with E-state index in [-0.39, 0.29) is 0 Å². The van der Waals surface area contributed by atoms with Crippen molar-refractivity contribution in [2.24, 2.45) is 5.92 Å². The molecule has 1 aromatic heterocycles. The molecule has 4 heteroatoms. The van der Waals surface area contributed by atoms with Crippen LogP contribution in [-0.4, -0.2) is 28.8 Å². The second-order valence-corrected chi connectivity index (χ2v) is 5.08. The maximum absolute atomic E-state index is 5.75. The Kier molecular flexibility index (Phi) is 5.20. The van der Waals surface area contributed by atoms with Gasteiger partial charge in [-0.1, -0.05) is 13.8 Å². The normalized spacial score (nSPS) is 23.7. The van der Waals surface area contributed by atoms with Gasteiger partial charge >= 0.3 is 0 Å². The summed E-state index contributed by atoms with van der Waals surface area (Å²) in [6.45, 7) is 8.34. The van der Waals surface area contributed by atoms with E-state index >= 15 is 0 Å². The first-order chi connectivity index (χ1) is 8.85. The highest BCUT2D eigenvalue weighted by Crippen LogP contribution is 2.25. The molecule has 0 saturated carbocycles. The standard InChI is InChI=1S/C14H25N3O/c1-3-6-15-8-13-9-16-11-17(13)10-12-5-7-18-14(12)4-2/h9,11-12,14-15H,3-8,10H2,1-2H3. The third-order valence-electron chi connectivity index (χ3n) is 3.71. The number of aromatic nitrogens is 2. The van der Waals surface area contributed by atoms with Gasteiger partial charge < -0.3 is 14.6 Å². The Morgan fingerprint density at radius 1 is 1.50 bits per heavy atom. The third-order valence-corrected chi connectivity index (χ3v) is 3.71. The molecule has 102 valence electrons. The van der Waals surface area contributed by atoms with Crippen molar-refractivity contribution in [3.8, 4) is 0 Å². The molecule has 0 spiro atoms. The maximum Gasteiger partial charge on any atom is 0.0948 e. The van der Waals surface area contributed by atoms with Crippen LogP contribution in [0.2, 0.25) is 0 Å². The van der Waals surface area contributed by atoms with Crippen molar-refractivity contribution in [1.82, 2.24) is 14.9 Å². The Labute approximate surface area is 110 Å². The molecule has 2 unspecified atom stereocenters. The fourth-order valence-electron chi connectivity index (χ4n) is 2.66. The van der Waals surface area contributed by atoms with Gasteiger partial charge in [0.15, 0.2) is 0 Å². The van der Waals surface area contributed by atoms with Crippen LogP contribution in [0.15, 0.2) is 12.5 Å². The minimum absolute atomic E-state index is 0.434. The van der Waals surface area contributed by atoms with E-state index in [1.54, 1.807) is 0 Å². The van der Waals surface area contributed by atoms with E-state index in [2.05, 4.69) is 28.7 Å². The van der Waals surface area contributed by atoms with E-state index in [0.29, 0.717) is 12.0 Å². The van der Waals surface area contributed by atoms with Gasteiger partial charge in [-0.3, -0.25) is 0 Å². The van der Waals surface area contributed by atoms with Crippen LogP contribution >= 0.6 is 0 Å². The number of rotatable bonds is 7. The molecular formula is C14H25N3O. The zero-order valence-corrected chi connectivity index (χ0v) is 11.6. The minimum Gasteiger partial charge on any atom is -0.378 e. The van der Waals surface area contributed by atoms with Crippen molar-refractivity contribution >= 4 is 0 Å². The summed E-state index contributed by atoms with van der Waals surface area (Å²) in [5.41, 5.74) is 1.28. The molecule has 1 fully saturated rings. The average Bonchev–Trinajstić information content (AvgIpc) is 3.00. The summed E-state index contributed by atoms with van der Waals surface area (Å²) in [5.74, 6) is 0.647. The van der Waals surface area contributed by atoms with Gasteiger partial charge in [0.25, 0.3) is 0 Å². The highest BCUT2D eigenvalue weighted by atomic mass is 16.5. The van der Waals surface area contributed by atoms with Crippen LogP contribution in [0.1, 0.15) is 38.8 Å². The molecule has 1 saturated heterocycles. The van der Waals surface area contributed by atoms with Gasteiger partial charge in [0.2, 0.25) is 0 Å². The van der Waals surface area contributed by atoms with Gasteiger partial charge in [0.05, 0.1) is 18.1 Å². The quantitative estimate of drug-likeness (QED) is 0.755. The number of hydrogen-bond acceptors (Lipinski definition) is 3. The smallest absolute Gasteiger partial charge is 0.0948 e. The molecule has 1 aliphatic rings. The molecule has 18 heavy (non-hydrogen) atoms. The first kappa shape index (κ1) is 13.6. The van der Waals surface area contributed by atoms with Crippen molar-refractivity contribution in [3.05, 3.63) is 18.2 Å². The Morgan fingerprint density at radius 3 is 3.17 bits per heavy atom. The van der Waals surface area contributed by atoms with Gasteiger partial charge in [-0.2, -0.15) is 0 Å². The summed E-state index contributed by atoms with van der Waals surface area (Å²) in [4.78, 5) is 4.28. The van der Waals surface area contributed by atoms with E-state index in [1.807, 2.05) is 12.5 Å². The monoisotopic (exact) mass is 251 g/mol. The lowest BCUT2D eigenvalue weighted by molar-refractivity contribution is 0.0833. The zero-order chi connectivity index (χ0) is 12.8. The van der Waals surface area contributed by atoms with Crippen molar-refractivity contribution < 1.29 is 4.74 Å². The van der Waals surface area contributed by atoms with E-state index in [4.69, 9.17) is 4.74 Å². The Hall–Kier alpha value is -0.870. The lowest BCUT2D eigenvalue weighted by atomic mass is 9.99. The molecule has 2 atom stereocenters. The van der Waals surface area contributed by atoms with Gasteiger partial charge in [-0.15, -0.1) is 0 Å². The van der Waals surface area contributed by atoms with Gasteiger partial charge in [-0.05, 0) is 25.8 Å². The summed E-state index contributed by atoms with van der Waals surface area (Å²) in [5, 5.41) is 3.44. The molecule has 0 radical (unpaired) electrons. The first-order valence-electron chi connectivity index (χ1n) is 7.16. The van der Waals surface area contributed by atoms with Crippen molar-refractivity contribution in [1.29, 1.82) is 0 Å². The van der Waals surface area contributed by atoms with Gasteiger partial charge in [0, 0.05) is 31.8 Å². The fourth-order valence-corrected chi connectivity index (χ4v) is 2.66. The number of hydrogen-bond donors (Lipinski definition) is 1. The second kappa shape index (κ2) is 6.90. The summed E-state index contributed by atoms with van der Waals surface area (Å²) in [6, 6.07) is 0. The zero-order valence-electron chi connectivity index (χ0n) is 11.6. The molecule has 1 aromatic rings. The van der Waals surface area contributed by atoms with E-state index in [0.717, 1.165) is 32.7 Å². The Bertz CT molecular complexity index is 351. The van der Waals surface area contributed by atoms with Crippen molar-refractivity contribution in [2.45, 2.75) is 52.3 Å². The molecule has 2 heterocycles. The number of nitrogens with zero attached hydrogens (tertiary/aromatic N) is 2. The predicted molar refractivity (Wildman–Crippen MR) is 72.4 cm³/mol. The molecule has 2 rings (SSSR count). The third kappa shape index (κ3) is 3.33. The number of imidazole rings is 1. The van der Waals surface area contributed by atoms with Crippen LogP contribution in [-0.2, 0) is 17.8 Å². The van der Waals surface area contributed by atoms with E-state index < -0.39 is 0 Å². The molecule has 1 N–H and O–H groups in total. The highest BCUT2D eigenvalue weighted by Gasteiger charge is 2.27. The molecule has 0 bridgehead atoms. The summed E-state index contributed by atoms with van der Waals surface area (Å²) in [7, 11) is 0. The van der Waals surface area contributed by atoms with Gasteiger partial charge in [0.1, 0.15) is 0 Å². The number of ether oxygens (including phenoxy) is 1. The summed E-state index contributed by atoms with van der Waals surface area (Å²) >= 11 is 0. The van der Waals surface area contributed by atoms with Crippen LogP contribution in [0, 0.1) is 5.92 Å². The lowest BCUT2D eigenvalue weighted by Crippen LogP contribution is -2.23. The maximum atomic E-state index is 5.75. The van der Waals surface area contributed by atoms with Gasteiger partial charge in [-0.25, -0.2) is 4.98 Å². The molecular weight excluding hydrogens is 226 g/mol. The largest absolute Gasteiger partial charge is 0.378 e. The lowest BCUT2D eigenvalue weighted by Gasteiger charge is -2.18. The van der Waals surface area contributed by atoms with Crippen molar-refractivity contribution in [2.75, 3.05) is 13.2 Å². The first-order valence-corrected chi connectivity index (χ1v) is 7.16. The van der Waals surface area contributed by atoms with Crippen LogP contribution in [0.4, 0.5) is 0 Å². The SMILES string of the molecule is CCCNCc1cncn1CC1CCOC1CC. The summed E-state index contributed by atoms with van der Waals surface area (Å²) in [6.07, 6.45) is 7.82. The second-order valence-electron chi connectivity index (χ2n) is 5.08. The Balaban J connectivity index is 1.90. The van der Waals surface area contributed by atoms with Crippen molar-refractivity contribution in [3.63, 3.8) is 0 Å². The summed E-state index contributed by atoms with van der Waals surface area (Å²) < 4.78 is 8.03. The highest BCUT2D eigenvalue weighted by molar-refractivity contribution is 4.98. The fraction of sp³-hybridized carbons (Fsp3) is 0.786. The molecule has 1 aliphatic heterocycles. The van der Waals surface area contributed by atoms with Crippen LogP contribution in [0.3, 0.4) is 0 Å². The van der Waals surface area contributed by atoms with E-state index in [1.165, 1.54) is 18.5 Å².